The van der Waals surface area contributed by atoms with Crippen LogP contribution in [0.25, 0.3) is 6.08 Å². The van der Waals surface area contributed by atoms with Crippen molar-refractivity contribution >= 4 is 35.9 Å². The zero-order chi connectivity index (χ0) is 13.1. The number of Topliss-reactive ketones (excluding diaryl/α,β-unsaturated/α-hetero) is 1. The predicted molar refractivity (Wildman–Crippen MR) is 83.0 cm³/mol. The Kier molecular flexibility index (Phi) is 6.05. The Morgan fingerprint density at radius 3 is 2.53 bits per heavy atom. The van der Waals surface area contributed by atoms with Crippen LogP contribution in [0.4, 0.5) is 0 Å². The highest BCUT2D eigenvalue weighted by molar-refractivity contribution is 6.30. The van der Waals surface area contributed by atoms with E-state index in [1.807, 2.05) is 44.4 Å². The van der Waals surface area contributed by atoms with E-state index in [9.17, 15) is 4.79 Å². The van der Waals surface area contributed by atoms with Crippen LogP contribution >= 0.6 is 24.0 Å². The number of nitrogens with zero attached hydrogens (tertiary/aromatic N) is 1. The van der Waals surface area contributed by atoms with Crippen molar-refractivity contribution in [3.8, 4) is 0 Å². The molecule has 2 nitrogen and oxygen atoms in total. The van der Waals surface area contributed by atoms with Crippen molar-refractivity contribution in [1.82, 2.24) is 4.90 Å². The highest BCUT2D eigenvalue weighted by Crippen LogP contribution is 2.28. The second-order valence-corrected chi connectivity index (χ2v) is 5.52. The molecule has 1 unspecified atom stereocenters. The molecule has 1 fully saturated rings. The minimum Gasteiger partial charge on any atom is -0.309 e. The molecule has 1 saturated carbocycles. The van der Waals surface area contributed by atoms with Crippen LogP contribution in [-0.4, -0.2) is 31.3 Å². The van der Waals surface area contributed by atoms with Crippen LogP contribution in [-0.2, 0) is 4.79 Å². The third-order valence-electron chi connectivity index (χ3n) is 3.25. The van der Waals surface area contributed by atoms with Gasteiger partial charge < -0.3 is 4.90 Å². The Balaban J connectivity index is 0.00000180. The van der Waals surface area contributed by atoms with Crippen molar-refractivity contribution in [2.24, 2.45) is 5.92 Å². The molecule has 1 aromatic carbocycles. The molecular formula is C15H19Cl2NO. The van der Waals surface area contributed by atoms with Gasteiger partial charge in [0.05, 0.1) is 0 Å². The number of carbonyl (C=O) groups excluding carboxylic acids is 1. The number of hydrogen-bond acceptors (Lipinski definition) is 2. The number of ketones is 1. The summed E-state index contributed by atoms with van der Waals surface area (Å²) in [5, 5.41) is 0.723. The van der Waals surface area contributed by atoms with Gasteiger partial charge in [0.2, 0.25) is 0 Å². The van der Waals surface area contributed by atoms with Crippen LogP contribution in [0.2, 0.25) is 5.02 Å². The summed E-state index contributed by atoms with van der Waals surface area (Å²) < 4.78 is 0. The van der Waals surface area contributed by atoms with Gasteiger partial charge in [0.15, 0.2) is 5.78 Å². The zero-order valence-electron chi connectivity index (χ0n) is 11.2. The third kappa shape index (κ3) is 4.34. The summed E-state index contributed by atoms with van der Waals surface area (Å²) in [5.74, 6) is 0.470. The van der Waals surface area contributed by atoms with E-state index in [1.54, 1.807) is 0 Å². The van der Waals surface area contributed by atoms with Gasteiger partial charge in [-0.1, -0.05) is 23.7 Å². The largest absolute Gasteiger partial charge is 0.309 e. The molecule has 0 saturated heterocycles. The first-order chi connectivity index (χ1) is 8.56. The smallest absolute Gasteiger partial charge is 0.163 e. The molecule has 1 aliphatic carbocycles. The van der Waals surface area contributed by atoms with E-state index in [1.165, 1.54) is 0 Å². The standard InChI is InChI=1S/C15H18ClNO.ClH/c1-17(2)10-13-6-5-12(15(13)18)9-11-3-7-14(16)8-4-11;/h3-4,7-9,13H,5-6,10H2,1-2H3;1H. The summed E-state index contributed by atoms with van der Waals surface area (Å²) >= 11 is 5.84. The predicted octanol–water partition coefficient (Wildman–Crippen LogP) is 3.69. The number of halogens is 2. The van der Waals surface area contributed by atoms with Crippen LogP contribution < -0.4 is 0 Å². The van der Waals surface area contributed by atoms with E-state index in [2.05, 4.69) is 4.90 Å². The van der Waals surface area contributed by atoms with Gasteiger partial charge >= 0.3 is 0 Å². The monoisotopic (exact) mass is 299 g/mol. The molecule has 4 heteroatoms. The summed E-state index contributed by atoms with van der Waals surface area (Å²) in [7, 11) is 4.02. The topological polar surface area (TPSA) is 20.3 Å². The maximum Gasteiger partial charge on any atom is 0.163 e. The first-order valence-electron chi connectivity index (χ1n) is 6.21. The van der Waals surface area contributed by atoms with E-state index < -0.39 is 0 Å². The molecule has 0 aromatic heterocycles. The molecule has 0 radical (unpaired) electrons. The van der Waals surface area contributed by atoms with E-state index >= 15 is 0 Å². The van der Waals surface area contributed by atoms with Gasteiger partial charge in [-0.25, -0.2) is 0 Å². The Morgan fingerprint density at radius 2 is 1.95 bits per heavy atom. The summed E-state index contributed by atoms with van der Waals surface area (Å²) in [4.78, 5) is 14.3. The molecule has 1 atom stereocenters. The number of rotatable bonds is 3. The van der Waals surface area contributed by atoms with Crippen LogP contribution in [0.3, 0.4) is 0 Å². The van der Waals surface area contributed by atoms with Crippen LogP contribution in [0, 0.1) is 5.92 Å². The lowest BCUT2D eigenvalue weighted by Crippen LogP contribution is -2.24. The number of allylic oxidation sites excluding steroid dienone is 1. The summed E-state index contributed by atoms with van der Waals surface area (Å²) in [6.07, 6.45) is 3.85. The van der Waals surface area contributed by atoms with Crippen molar-refractivity contribution in [2.75, 3.05) is 20.6 Å². The fraction of sp³-hybridized carbons (Fsp3) is 0.400. The number of carbonyl (C=O) groups is 1. The minimum absolute atomic E-state index is 0. The van der Waals surface area contributed by atoms with Gasteiger partial charge in [0, 0.05) is 17.5 Å². The van der Waals surface area contributed by atoms with Gasteiger partial charge in [-0.2, -0.15) is 0 Å². The van der Waals surface area contributed by atoms with Gasteiger partial charge in [-0.05, 0) is 56.3 Å². The van der Waals surface area contributed by atoms with Crippen LogP contribution in [0.5, 0.6) is 0 Å². The molecule has 0 heterocycles. The maximum atomic E-state index is 12.2. The van der Waals surface area contributed by atoms with Crippen molar-refractivity contribution in [3.05, 3.63) is 40.4 Å². The molecule has 0 amide bonds. The number of hydrogen-bond donors (Lipinski definition) is 0. The lowest BCUT2D eigenvalue weighted by molar-refractivity contribution is -0.118. The normalized spacial score (nSPS) is 20.9. The summed E-state index contributed by atoms with van der Waals surface area (Å²) in [5.41, 5.74) is 2.00. The molecule has 0 N–H and O–H groups in total. The average Bonchev–Trinajstić information content (AvgIpc) is 2.64. The Hall–Kier alpha value is -0.830. The Labute approximate surface area is 125 Å². The highest BCUT2D eigenvalue weighted by Gasteiger charge is 2.29. The number of benzene rings is 1. The molecule has 0 spiro atoms. The second kappa shape index (κ2) is 7.09. The minimum atomic E-state index is 0. The van der Waals surface area contributed by atoms with E-state index in [4.69, 9.17) is 11.6 Å². The maximum absolute atomic E-state index is 12.2. The van der Waals surface area contributed by atoms with E-state index in [0.717, 1.165) is 35.5 Å². The molecule has 0 bridgehead atoms. The highest BCUT2D eigenvalue weighted by atomic mass is 35.5. The van der Waals surface area contributed by atoms with Gasteiger partial charge in [-0.3, -0.25) is 4.79 Å². The molecular weight excluding hydrogens is 281 g/mol. The fourth-order valence-electron chi connectivity index (χ4n) is 2.36. The molecule has 0 aliphatic heterocycles. The average molecular weight is 300 g/mol. The summed E-state index contributed by atoms with van der Waals surface area (Å²) in [6, 6.07) is 7.60. The first-order valence-corrected chi connectivity index (χ1v) is 6.59. The van der Waals surface area contributed by atoms with E-state index in [0.29, 0.717) is 5.78 Å². The van der Waals surface area contributed by atoms with Crippen molar-refractivity contribution in [2.45, 2.75) is 12.8 Å². The molecule has 2 rings (SSSR count). The van der Waals surface area contributed by atoms with Crippen LogP contribution in [0.1, 0.15) is 18.4 Å². The molecule has 1 aliphatic rings. The fourth-order valence-corrected chi connectivity index (χ4v) is 2.49. The zero-order valence-corrected chi connectivity index (χ0v) is 12.8. The van der Waals surface area contributed by atoms with Crippen molar-refractivity contribution in [3.63, 3.8) is 0 Å². The first kappa shape index (κ1) is 16.2. The molecule has 104 valence electrons. The van der Waals surface area contributed by atoms with E-state index in [-0.39, 0.29) is 18.3 Å². The Morgan fingerprint density at radius 1 is 1.32 bits per heavy atom. The van der Waals surface area contributed by atoms with Gasteiger partial charge in [0.1, 0.15) is 0 Å². The van der Waals surface area contributed by atoms with Crippen LogP contribution in [0.15, 0.2) is 29.8 Å². The summed E-state index contributed by atoms with van der Waals surface area (Å²) in [6.45, 7) is 0.844. The lowest BCUT2D eigenvalue weighted by atomic mass is 10.0. The Bertz CT molecular complexity index is 466. The second-order valence-electron chi connectivity index (χ2n) is 5.08. The lowest BCUT2D eigenvalue weighted by Gasteiger charge is -2.13. The van der Waals surface area contributed by atoms with Gasteiger partial charge in [0.25, 0.3) is 0 Å². The van der Waals surface area contributed by atoms with Crippen molar-refractivity contribution in [1.29, 1.82) is 0 Å². The third-order valence-corrected chi connectivity index (χ3v) is 3.50. The van der Waals surface area contributed by atoms with Gasteiger partial charge in [-0.15, -0.1) is 12.4 Å². The SMILES string of the molecule is CN(C)CC1CCC(=Cc2ccc(Cl)cc2)C1=O.Cl. The molecule has 1 aromatic rings. The quantitative estimate of drug-likeness (QED) is 0.794. The van der Waals surface area contributed by atoms with Crippen molar-refractivity contribution < 1.29 is 4.79 Å². The molecule has 19 heavy (non-hydrogen) atoms.